The summed E-state index contributed by atoms with van der Waals surface area (Å²) in [5.41, 5.74) is 2.45. The Kier molecular flexibility index (Phi) is 7.24. The molecule has 0 saturated carbocycles. The predicted octanol–water partition coefficient (Wildman–Crippen LogP) is 5.83. The zero-order chi connectivity index (χ0) is 28.8. The predicted molar refractivity (Wildman–Crippen MR) is 146 cm³/mol. The van der Waals surface area contributed by atoms with Crippen LogP contribution in [-0.4, -0.2) is 54.9 Å². The molecule has 5 rings (SSSR count). The molecule has 0 bridgehead atoms. The van der Waals surface area contributed by atoms with E-state index in [-0.39, 0.29) is 41.2 Å². The van der Waals surface area contributed by atoms with Gasteiger partial charge in [0.15, 0.2) is 0 Å². The number of hydrogen-bond acceptors (Lipinski definition) is 6. The number of fused-ring (bicyclic) bond motifs is 1. The molecule has 1 amide bonds. The number of nitrogens with zero attached hydrogens (tertiary/aromatic N) is 6. The molecule has 40 heavy (non-hydrogen) atoms. The Morgan fingerprint density at radius 3 is 2.48 bits per heavy atom. The average molecular weight is 553 g/mol. The molecular formula is C29H34F2N6O3. The molecule has 1 aliphatic rings. The van der Waals surface area contributed by atoms with Crippen molar-refractivity contribution in [2.75, 3.05) is 13.7 Å². The van der Waals surface area contributed by atoms with Crippen molar-refractivity contribution in [3.8, 4) is 22.9 Å². The number of methoxy groups -OCH3 is 1. The number of imidazole rings is 1. The number of likely N-dealkylation sites (tertiary alicyclic amines) is 1. The first-order chi connectivity index (χ1) is 19.0. The van der Waals surface area contributed by atoms with Crippen LogP contribution >= 0.6 is 0 Å². The number of halogens is 2. The maximum atomic E-state index is 13.9. The second-order valence-corrected chi connectivity index (χ2v) is 11.2. The van der Waals surface area contributed by atoms with Gasteiger partial charge in [0.25, 0.3) is 0 Å². The summed E-state index contributed by atoms with van der Waals surface area (Å²) >= 11 is 0. The number of amides is 1. The minimum atomic E-state index is -2.81. The lowest BCUT2D eigenvalue weighted by Gasteiger charge is -2.26. The number of carbonyl (C=O) groups is 1. The van der Waals surface area contributed by atoms with Crippen molar-refractivity contribution in [3.63, 3.8) is 0 Å². The van der Waals surface area contributed by atoms with Crippen LogP contribution in [0, 0.1) is 5.92 Å². The number of hydrogen-bond donors (Lipinski definition) is 0. The van der Waals surface area contributed by atoms with Gasteiger partial charge in [0.05, 0.1) is 36.1 Å². The summed E-state index contributed by atoms with van der Waals surface area (Å²) in [5.74, 6) is 0.664. The first kappa shape index (κ1) is 27.5. The molecule has 4 aromatic rings. The van der Waals surface area contributed by atoms with Crippen LogP contribution in [0.4, 0.5) is 8.78 Å². The lowest BCUT2D eigenvalue weighted by molar-refractivity contribution is -0.129. The van der Waals surface area contributed by atoms with Crippen molar-refractivity contribution in [1.82, 2.24) is 29.2 Å². The molecular weight excluding hydrogens is 518 g/mol. The topological polar surface area (TPSA) is 87.3 Å². The summed E-state index contributed by atoms with van der Waals surface area (Å²) in [6, 6.07) is 9.16. The van der Waals surface area contributed by atoms with Gasteiger partial charge >= 0.3 is 6.55 Å². The number of carbonyl (C=O) groups excluding carboxylic acids is 1. The van der Waals surface area contributed by atoms with Gasteiger partial charge in [0, 0.05) is 30.6 Å². The van der Waals surface area contributed by atoms with E-state index in [0.29, 0.717) is 17.8 Å². The quantitative estimate of drug-likeness (QED) is 0.273. The zero-order valence-electron chi connectivity index (χ0n) is 23.5. The summed E-state index contributed by atoms with van der Waals surface area (Å²) in [7, 11) is 1.61. The van der Waals surface area contributed by atoms with Gasteiger partial charge in [-0.3, -0.25) is 14.0 Å². The van der Waals surface area contributed by atoms with Crippen LogP contribution in [-0.2, 0) is 10.3 Å². The molecule has 1 fully saturated rings. The number of pyridine rings is 1. The van der Waals surface area contributed by atoms with Crippen LogP contribution in [0.1, 0.15) is 59.2 Å². The summed E-state index contributed by atoms with van der Waals surface area (Å²) in [5, 5.41) is 4.44. The highest BCUT2D eigenvalue weighted by atomic mass is 19.3. The molecule has 1 saturated heterocycles. The van der Waals surface area contributed by atoms with Crippen LogP contribution in [0.25, 0.3) is 22.3 Å². The Morgan fingerprint density at radius 2 is 1.85 bits per heavy atom. The molecule has 3 aromatic heterocycles. The van der Waals surface area contributed by atoms with Gasteiger partial charge in [0.2, 0.25) is 11.8 Å². The molecule has 3 unspecified atom stereocenters. The normalized spacial score (nSPS) is 17.6. The van der Waals surface area contributed by atoms with Crippen molar-refractivity contribution < 1.29 is 23.0 Å². The smallest absolute Gasteiger partial charge is 0.320 e. The maximum Gasteiger partial charge on any atom is 0.320 e. The molecule has 0 N–H and O–H groups in total. The number of ether oxygens (including phenoxy) is 2. The first-order valence-electron chi connectivity index (χ1n) is 13.3. The molecule has 1 aromatic carbocycles. The van der Waals surface area contributed by atoms with Crippen LogP contribution < -0.4 is 9.47 Å². The van der Waals surface area contributed by atoms with Gasteiger partial charge < -0.3 is 14.4 Å². The van der Waals surface area contributed by atoms with E-state index in [2.05, 4.69) is 15.1 Å². The highest BCUT2D eigenvalue weighted by Gasteiger charge is 2.37. The van der Waals surface area contributed by atoms with E-state index in [1.165, 1.54) is 0 Å². The Labute approximate surface area is 231 Å². The van der Waals surface area contributed by atoms with E-state index >= 15 is 0 Å². The fourth-order valence-electron chi connectivity index (χ4n) is 5.01. The Hall–Kier alpha value is -4.02. The van der Waals surface area contributed by atoms with Crippen LogP contribution in [0.3, 0.4) is 0 Å². The monoisotopic (exact) mass is 552 g/mol. The van der Waals surface area contributed by atoms with Gasteiger partial charge in [0.1, 0.15) is 23.7 Å². The van der Waals surface area contributed by atoms with Gasteiger partial charge in [-0.2, -0.15) is 13.9 Å². The Balaban J connectivity index is 1.42. The van der Waals surface area contributed by atoms with E-state index in [0.717, 1.165) is 27.8 Å². The first-order valence-corrected chi connectivity index (χ1v) is 13.3. The standard InChI is InChI=1S/C29H34F2N6O3/c1-17(19-7-9-22(39-6)10-8-19)35-14-20(11-25(35)38)18(2)40-27-26-24(32-16-36(26)28(30)31)12-23(34-27)21-13-33-37(15-21)29(3,4)5/h7-10,12-13,15-18,20,28H,11,14H2,1-6H3. The van der Waals surface area contributed by atoms with Crippen LogP contribution in [0.5, 0.6) is 11.6 Å². The number of rotatable bonds is 8. The third kappa shape index (κ3) is 5.24. The average Bonchev–Trinajstić information content (AvgIpc) is 3.66. The molecule has 3 atom stereocenters. The van der Waals surface area contributed by atoms with Crippen molar-refractivity contribution in [2.45, 2.75) is 65.3 Å². The van der Waals surface area contributed by atoms with Gasteiger partial charge in [-0.25, -0.2) is 9.97 Å². The van der Waals surface area contributed by atoms with Crippen molar-refractivity contribution in [2.24, 2.45) is 5.92 Å². The number of alkyl halides is 2. The summed E-state index contributed by atoms with van der Waals surface area (Å²) < 4.78 is 41.8. The molecule has 1 aliphatic heterocycles. The van der Waals surface area contributed by atoms with Gasteiger partial charge in [-0.1, -0.05) is 12.1 Å². The van der Waals surface area contributed by atoms with E-state index in [9.17, 15) is 13.6 Å². The Morgan fingerprint density at radius 1 is 1.12 bits per heavy atom. The van der Waals surface area contributed by atoms with Gasteiger partial charge in [-0.15, -0.1) is 0 Å². The summed E-state index contributed by atoms with van der Waals surface area (Å²) in [6.45, 7) is 7.59. The molecule has 4 heterocycles. The number of aromatic nitrogens is 5. The van der Waals surface area contributed by atoms with Crippen molar-refractivity contribution in [1.29, 1.82) is 0 Å². The lowest BCUT2D eigenvalue weighted by atomic mass is 10.0. The molecule has 11 heteroatoms. The van der Waals surface area contributed by atoms with Gasteiger partial charge in [-0.05, 0) is 58.4 Å². The zero-order valence-corrected chi connectivity index (χ0v) is 23.5. The van der Waals surface area contributed by atoms with Crippen LogP contribution in [0.15, 0.2) is 49.1 Å². The van der Waals surface area contributed by atoms with E-state index in [1.807, 2.05) is 74.7 Å². The minimum Gasteiger partial charge on any atom is -0.497 e. The van der Waals surface area contributed by atoms with E-state index in [1.54, 1.807) is 19.4 Å². The molecule has 0 radical (unpaired) electrons. The minimum absolute atomic E-state index is 0.0165. The second kappa shape index (κ2) is 10.5. The lowest BCUT2D eigenvalue weighted by Crippen LogP contribution is -2.31. The molecule has 9 nitrogen and oxygen atoms in total. The third-order valence-electron chi connectivity index (χ3n) is 7.51. The van der Waals surface area contributed by atoms with Crippen molar-refractivity contribution in [3.05, 3.63) is 54.6 Å². The van der Waals surface area contributed by atoms with E-state index in [4.69, 9.17) is 9.47 Å². The second-order valence-electron chi connectivity index (χ2n) is 11.2. The van der Waals surface area contributed by atoms with Crippen LogP contribution in [0.2, 0.25) is 0 Å². The third-order valence-corrected chi connectivity index (χ3v) is 7.51. The highest BCUT2D eigenvalue weighted by Crippen LogP contribution is 2.35. The maximum absolute atomic E-state index is 13.9. The fourth-order valence-corrected chi connectivity index (χ4v) is 5.01. The summed E-state index contributed by atoms with van der Waals surface area (Å²) in [6.07, 6.45) is 4.46. The largest absolute Gasteiger partial charge is 0.497 e. The Bertz CT molecular complexity index is 1510. The molecule has 0 spiro atoms. The molecule has 212 valence electrons. The SMILES string of the molecule is COc1ccc(C(C)N2CC(C(C)Oc3nc(-c4cnn(C(C)(C)C)c4)cc4ncn(C(F)F)c34)CC2=O)cc1. The number of benzene rings is 1. The highest BCUT2D eigenvalue weighted by molar-refractivity contribution is 5.84. The molecule has 0 aliphatic carbocycles. The summed E-state index contributed by atoms with van der Waals surface area (Å²) in [4.78, 5) is 23.7. The fraction of sp³-hybridized carbons (Fsp3) is 0.448. The van der Waals surface area contributed by atoms with Crippen molar-refractivity contribution >= 4 is 16.9 Å². The van der Waals surface area contributed by atoms with E-state index < -0.39 is 12.7 Å².